The molecule has 1 aromatic carbocycles. The molecule has 1 fully saturated rings. The smallest absolute Gasteiger partial charge is 0.128 e. The Balaban J connectivity index is 2.00. The number of hydrogen-bond donors (Lipinski definition) is 1. The van der Waals surface area contributed by atoms with E-state index in [1.54, 1.807) is 10.7 Å². The highest BCUT2D eigenvalue weighted by atomic mass is 19.1. The highest BCUT2D eigenvalue weighted by Crippen LogP contribution is 2.39. The number of halogens is 1. The Kier molecular flexibility index (Phi) is 2.88. The third-order valence-corrected chi connectivity index (χ3v) is 3.34. The second-order valence-corrected chi connectivity index (χ2v) is 4.74. The molecule has 1 aliphatic rings. The fraction of sp³-hybridized carbons (Fsp3) is 0.357. The first-order valence-corrected chi connectivity index (χ1v) is 6.33. The van der Waals surface area contributed by atoms with Crippen LogP contribution >= 0.6 is 0 Å². The molecular formula is C14H16FN3. The number of rotatable bonds is 4. The van der Waals surface area contributed by atoms with Gasteiger partial charge in [-0.1, -0.05) is 6.07 Å². The first kappa shape index (κ1) is 11.4. The SMILES string of the molecule is NCCc1c(F)cccc1-n1ccc(C2CC2)n1. The minimum atomic E-state index is -0.207. The fourth-order valence-corrected chi connectivity index (χ4v) is 2.22. The van der Waals surface area contributed by atoms with E-state index in [1.165, 1.54) is 18.9 Å². The molecule has 3 nitrogen and oxygen atoms in total. The second kappa shape index (κ2) is 4.53. The number of nitrogens with two attached hydrogens (primary N) is 1. The summed E-state index contributed by atoms with van der Waals surface area (Å²) in [6.45, 7) is 0.435. The summed E-state index contributed by atoms with van der Waals surface area (Å²) in [4.78, 5) is 0. The van der Waals surface area contributed by atoms with E-state index in [4.69, 9.17) is 5.73 Å². The van der Waals surface area contributed by atoms with Crippen LogP contribution in [0, 0.1) is 5.82 Å². The Morgan fingerprint density at radius 2 is 2.17 bits per heavy atom. The minimum Gasteiger partial charge on any atom is -0.330 e. The van der Waals surface area contributed by atoms with E-state index < -0.39 is 0 Å². The van der Waals surface area contributed by atoms with E-state index in [0.717, 1.165) is 11.4 Å². The first-order chi connectivity index (χ1) is 8.79. The van der Waals surface area contributed by atoms with Crippen molar-refractivity contribution in [2.24, 2.45) is 5.73 Å². The van der Waals surface area contributed by atoms with Crippen LogP contribution in [0.1, 0.15) is 30.0 Å². The predicted octanol–water partition coefficient (Wildman–Crippen LogP) is 2.39. The Bertz CT molecular complexity index is 558. The fourth-order valence-electron chi connectivity index (χ4n) is 2.22. The molecule has 94 valence electrons. The topological polar surface area (TPSA) is 43.8 Å². The van der Waals surface area contributed by atoms with Gasteiger partial charge in [0.25, 0.3) is 0 Å². The highest BCUT2D eigenvalue weighted by Gasteiger charge is 2.26. The van der Waals surface area contributed by atoms with Crippen molar-refractivity contribution in [3.05, 3.63) is 47.5 Å². The molecule has 1 heterocycles. The molecule has 0 radical (unpaired) electrons. The van der Waals surface area contributed by atoms with Crippen molar-refractivity contribution in [1.29, 1.82) is 0 Å². The molecule has 0 unspecified atom stereocenters. The molecule has 3 rings (SSSR count). The van der Waals surface area contributed by atoms with Gasteiger partial charge in [-0.15, -0.1) is 0 Å². The Hall–Kier alpha value is -1.68. The Labute approximate surface area is 105 Å². The van der Waals surface area contributed by atoms with Crippen molar-refractivity contribution >= 4 is 0 Å². The molecule has 2 aromatic rings. The van der Waals surface area contributed by atoms with E-state index in [1.807, 2.05) is 18.3 Å². The van der Waals surface area contributed by atoms with E-state index in [0.29, 0.717) is 24.4 Å². The van der Waals surface area contributed by atoms with Crippen molar-refractivity contribution in [2.45, 2.75) is 25.2 Å². The lowest BCUT2D eigenvalue weighted by Crippen LogP contribution is -2.09. The van der Waals surface area contributed by atoms with E-state index in [2.05, 4.69) is 5.10 Å². The molecular weight excluding hydrogens is 229 g/mol. The summed E-state index contributed by atoms with van der Waals surface area (Å²) < 4.78 is 15.6. The maximum absolute atomic E-state index is 13.8. The standard InChI is InChI=1S/C14H16FN3/c15-12-2-1-3-14(11(12)6-8-16)18-9-7-13(17-18)10-4-5-10/h1-3,7,9-10H,4-6,8,16H2. The molecule has 0 amide bonds. The van der Waals surface area contributed by atoms with Crippen LogP contribution in [0.3, 0.4) is 0 Å². The normalized spacial score (nSPS) is 15.0. The van der Waals surface area contributed by atoms with Gasteiger partial charge in [0.05, 0.1) is 11.4 Å². The molecule has 4 heteroatoms. The zero-order chi connectivity index (χ0) is 12.5. The zero-order valence-corrected chi connectivity index (χ0v) is 10.1. The maximum Gasteiger partial charge on any atom is 0.128 e. The Morgan fingerprint density at radius 3 is 2.89 bits per heavy atom. The van der Waals surface area contributed by atoms with Gasteiger partial charge in [-0.2, -0.15) is 5.10 Å². The van der Waals surface area contributed by atoms with Crippen molar-refractivity contribution in [3.63, 3.8) is 0 Å². The van der Waals surface area contributed by atoms with Gasteiger partial charge in [0.15, 0.2) is 0 Å². The van der Waals surface area contributed by atoms with Gasteiger partial charge in [0, 0.05) is 17.7 Å². The molecule has 1 aromatic heterocycles. The summed E-state index contributed by atoms with van der Waals surface area (Å²) >= 11 is 0. The van der Waals surface area contributed by atoms with Crippen molar-refractivity contribution in [3.8, 4) is 5.69 Å². The van der Waals surface area contributed by atoms with Gasteiger partial charge in [0.1, 0.15) is 5.82 Å². The molecule has 1 saturated carbocycles. The first-order valence-electron chi connectivity index (χ1n) is 6.33. The van der Waals surface area contributed by atoms with Crippen LogP contribution in [0.15, 0.2) is 30.5 Å². The van der Waals surface area contributed by atoms with Crippen molar-refractivity contribution in [2.75, 3.05) is 6.54 Å². The predicted molar refractivity (Wildman–Crippen MR) is 68.3 cm³/mol. The number of aromatic nitrogens is 2. The van der Waals surface area contributed by atoms with Gasteiger partial charge in [-0.05, 0) is 44.0 Å². The van der Waals surface area contributed by atoms with E-state index in [-0.39, 0.29) is 5.82 Å². The van der Waals surface area contributed by atoms with Gasteiger partial charge >= 0.3 is 0 Å². The molecule has 0 bridgehead atoms. The van der Waals surface area contributed by atoms with Gasteiger partial charge < -0.3 is 5.73 Å². The lowest BCUT2D eigenvalue weighted by Gasteiger charge is -2.09. The lowest BCUT2D eigenvalue weighted by molar-refractivity contribution is 0.605. The largest absolute Gasteiger partial charge is 0.330 e. The minimum absolute atomic E-state index is 0.207. The van der Waals surface area contributed by atoms with Crippen LogP contribution in [-0.2, 0) is 6.42 Å². The van der Waals surface area contributed by atoms with Crippen LogP contribution in [0.2, 0.25) is 0 Å². The summed E-state index contributed by atoms with van der Waals surface area (Å²) in [5.74, 6) is 0.402. The van der Waals surface area contributed by atoms with Gasteiger partial charge in [-0.3, -0.25) is 0 Å². The molecule has 1 aliphatic carbocycles. The number of benzene rings is 1. The maximum atomic E-state index is 13.8. The molecule has 0 spiro atoms. The van der Waals surface area contributed by atoms with Crippen LogP contribution in [0.4, 0.5) is 4.39 Å². The molecule has 0 aliphatic heterocycles. The second-order valence-electron chi connectivity index (χ2n) is 4.74. The third kappa shape index (κ3) is 2.04. The van der Waals surface area contributed by atoms with Crippen LogP contribution in [0.25, 0.3) is 5.69 Å². The third-order valence-electron chi connectivity index (χ3n) is 3.34. The molecule has 2 N–H and O–H groups in total. The zero-order valence-electron chi connectivity index (χ0n) is 10.1. The number of nitrogens with zero attached hydrogens (tertiary/aromatic N) is 2. The summed E-state index contributed by atoms with van der Waals surface area (Å²) in [7, 11) is 0. The van der Waals surface area contributed by atoms with Crippen LogP contribution < -0.4 is 5.73 Å². The van der Waals surface area contributed by atoms with Crippen LogP contribution in [0.5, 0.6) is 0 Å². The van der Waals surface area contributed by atoms with E-state index in [9.17, 15) is 4.39 Å². The summed E-state index contributed by atoms with van der Waals surface area (Å²) in [5, 5.41) is 4.54. The number of hydrogen-bond acceptors (Lipinski definition) is 2. The monoisotopic (exact) mass is 245 g/mol. The lowest BCUT2D eigenvalue weighted by atomic mass is 10.1. The van der Waals surface area contributed by atoms with Gasteiger partial charge in [0.2, 0.25) is 0 Å². The van der Waals surface area contributed by atoms with Crippen molar-refractivity contribution < 1.29 is 4.39 Å². The van der Waals surface area contributed by atoms with Crippen LogP contribution in [-0.4, -0.2) is 16.3 Å². The highest BCUT2D eigenvalue weighted by molar-refractivity contribution is 5.42. The van der Waals surface area contributed by atoms with E-state index >= 15 is 0 Å². The summed E-state index contributed by atoms with van der Waals surface area (Å²) in [6.07, 6.45) is 4.87. The average Bonchev–Trinajstić information content (AvgIpc) is 3.11. The molecule has 0 atom stereocenters. The quantitative estimate of drug-likeness (QED) is 0.898. The molecule has 0 saturated heterocycles. The summed E-state index contributed by atoms with van der Waals surface area (Å²) in [6, 6.07) is 7.09. The molecule has 18 heavy (non-hydrogen) atoms. The average molecular weight is 245 g/mol. The summed E-state index contributed by atoms with van der Waals surface area (Å²) in [5.41, 5.74) is 8.10. The Morgan fingerprint density at radius 1 is 1.33 bits per heavy atom. The van der Waals surface area contributed by atoms with Crippen molar-refractivity contribution in [1.82, 2.24) is 9.78 Å². The van der Waals surface area contributed by atoms with Gasteiger partial charge in [-0.25, -0.2) is 9.07 Å².